The van der Waals surface area contributed by atoms with Gasteiger partial charge in [-0.25, -0.2) is 0 Å². The highest BCUT2D eigenvalue weighted by molar-refractivity contribution is 6.27. The van der Waals surface area contributed by atoms with Gasteiger partial charge in [0.2, 0.25) is 0 Å². The minimum Gasteiger partial charge on any atom is -0.0622 e. The van der Waals surface area contributed by atoms with Gasteiger partial charge in [-0.2, -0.15) is 0 Å². The monoisotopic (exact) mass is 622 g/mol. The molecule has 0 aliphatic heterocycles. The lowest BCUT2D eigenvalue weighted by Gasteiger charge is -2.21. The van der Waals surface area contributed by atoms with Crippen molar-refractivity contribution in [1.29, 1.82) is 0 Å². The maximum atomic E-state index is 2.46. The van der Waals surface area contributed by atoms with Crippen molar-refractivity contribution in [1.82, 2.24) is 0 Å². The van der Waals surface area contributed by atoms with Crippen molar-refractivity contribution < 1.29 is 0 Å². The number of hydrogen-bond acceptors (Lipinski definition) is 0. The summed E-state index contributed by atoms with van der Waals surface area (Å²) in [4.78, 5) is 0. The third kappa shape index (κ3) is 4.11. The highest BCUT2D eigenvalue weighted by Crippen LogP contribution is 2.53. The fourth-order valence-corrected chi connectivity index (χ4v) is 8.69. The van der Waals surface area contributed by atoms with Crippen LogP contribution in [0.2, 0.25) is 0 Å². The van der Waals surface area contributed by atoms with E-state index in [4.69, 9.17) is 0 Å². The molecule has 1 aliphatic carbocycles. The number of hydrogen-bond donors (Lipinski definition) is 0. The Morgan fingerprint density at radius 2 is 0.755 bits per heavy atom. The lowest BCUT2D eigenvalue weighted by atomic mass is 9.81. The van der Waals surface area contributed by atoms with Crippen molar-refractivity contribution in [2.75, 3.05) is 0 Å². The molecule has 0 radical (unpaired) electrons. The summed E-state index contributed by atoms with van der Waals surface area (Å²) in [5, 5.41) is 10.6. The maximum Gasteiger partial charge on any atom is 0.0159 e. The average Bonchev–Trinajstić information content (AvgIpc) is 3.40. The Labute approximate surface area is 286 Å². The van der Waals surface area contributed by atoms with Crippen molar-refractivity contribution in [3.05, 3.63) is 181 Å². The lowest BCUT2D eigenvalue weighted by molar-refractivity contribution is 0.663. The SMILES string of the molecule is CC1(C)c2cccc3cc(-c4c5ccccc5c(-c5ccc(-c6ccc(-c7ccccc7)cc6)cc5)c5ccccc45)c4cccc1c4c23. The lowest BCUT2D eigenvalue weighted by Crippen LogP contribution is -2.14. The van der Waals surface area contributed by atoms with Gasteiger partial charge in [-0.1, -0.05) is 178 Å². The van der Waals surface area contributed by atoms with Gasteiger partial charge in [0, 0.05) is 5.41 Å². The van der Waals surface area contributed by atoms with Gasteiger partial charge in [-0.05, 0) is 105 Å². The van der Waals surface area contributed by atoms with Crippen LogP contribution in [0.25, 0.3) is 87.6 Å². The second-order valence-corrected chi connectivity index (χ2v) is 14.0. The summed E-state index contributed by atoms with van der Waals surface area (Å²) in [6, 6.07) is 62.9. The fourth-order valence-electron chi connectivity index (χ4n) is 8.69. The molecule has 10 rings (SSSR count). The summed E-state index contributed by atoms with van der Waals surface area (Å²) >= 11 is 0. The summed E-state index contributed by atoms with van der Waals surface area (Å²) in [7, 11) is 0. The number of fused-ring (bicyclic) bond motifs is 2. The Bertz CT molecular complexity index is 2690. The van der Waals surface area contributed by atoms with Gasteiger partial charge in [-0.3, -0.25) is 0 Å². The van der Waals surface area contributed by atoms with Gasteiger partial charge < -0.3 is 0 Å². The average molecular weight is 623 g/mol. The van der Waals surface area contributed by atoms with E-state index >= 15 is 0 Å². The smallest absolute Gasteiger partial charge is 0.0159 e. The highest BCUT2D eigenvalue weighted by Gasteiger charge is 2.34. The molecule has 49 heavy (non-hydrogen) atoms. The second kappa shape index (κ2) is 10.5. The second-order valence-electron chi connectivity index (χ2n) is 14.0. The maximum absolute atomic E-state index is 2.46. The molecule has 0 bridgehead atoms. The van der Waals surface area contributed by atoms with Crippen molar-refractivity contribution in [3.63, 3.8) is 0 Å². The molecule has 230 valence electrons. The quantitative estimate of drug-likeness (QED) is 0.135. The van der Waals surface area contributed by atoms with Crippen molar-refractivity contribution in [2.45, 2.75) is 19.3 Å². The predicted molar refractivity (Wildman–Crippen MR) is 210 cm³/mol. The molecule has 0 unspecified atom stereocenters. The first kappa shape index (κ1) is 28.1. The Kier molecular flexibility index (Phi) is 6.02. The van der Waals surface area contributed by atoms with E-state index in [9.17, 15) is 0 Å². The summed E-state index contributed by atoms with van der Waals surface area (Å²) in [6.45, 7) is 4.75. The molecule has 1 aliphatic rings. The Morgan fingerprint density at radius 1 is 0.327 bits per heavy atom. The van der Waals surface area contributed by atoms with Gasteiger partial charge in [0.1, 0.15) is 0 Å². The van der Waals surface area contributed by atoms with E-state index in [1.807, 2.05) is 0 Å². The molecule has 0 aromatic heterocycles. The zero-order valence-electron chi connectivity index (χ0n) is 27.7. The summed E-state index contributed by atoms with van der Waals surface area (Å²) < 4.78 is 0. The first-order valence-electron chi connectivity index (χ1n) is 17.3. The Morgan fingerprint density at radius 3 is 1.33 bits per heavy atom. The summed E-state index contributed by atoms with van der Waals surface area (Å²) in [5.41, 5.74) is 12.9. The first-order valence-corrected chi connectivity index (χ1v) is 17.3. The molecule has 0 heterocycles. The molecule has 0 nitrogen and oxygen atoms in total. The van der Waals surface area contributed by atoms with E-state index in [0.29, 0.717) is 0 Å². The van der Waals surface area contributed by atoms with E-state index in [-0.39, 0.29) is 5.41 Å². The molecule has 0 N–H and O–H groups in total. The van der Waals surface area contributed by atoms with Gasteiger partial charge in [0.05, 0.1) is 0 Å². The third-order valence-electron chi connectivity index (χ3n) is 11.0. The fraction of sp³-hybridized carbons (Fsp3) is 0.0612. The van der Waals surface area contributed by atoms with Crippen molar-refractivity contribution in [3.8, 4) is 44.5 Å². The van der Waals surface area contributed by atoms with Crippen LogP contribution in [0.3, 0.4) is 0 Å². The molecule has 9 aromatic carbocycles. The zero-order valence-corrected chi connectivity index (χ0v) is 27.7. The van der Waals surface area contributed by atoms with Crippen LogP contribution in [0.5, 0.6) is 0 Å². The van der Waals surface area contributed by atoms with E-state index in [1.165, 1.54) is 98.7 Å². The highest BCUT2D eigenvalue weighted by atomic mass is 14.4. The van der Waals surface area contributed by atoms with Crippen LogP contribution in [-0.2, 0) is 5.41 Å². The van der Waals surface area contributed by atoms with Crippen molar-refractivity contribution in [2.24, 2.45) is 0 Å². The normalized spacial score (nSPS) is 13.3. The van der Waals surface area contributed by atoms with Crippen LogP contribution in [0.15, 0.2) is 170 Å². The summed E-state index contributed by atoms with van der Waals surface area (Å²) in [6.07, 6.45) is 0. The van der Waals surface area contributed by atoms with E-state index in [0.717, 1.165) is 0 Å². The van der Waals surface area contributed by atoms with E-state index < -0.39 is 0 Å². The minimum atomic E-state index is -0.0237. The van der Waals surface area contributed by atoms with E-state index in [1.54, 1.807) is 0 Å². The van der Waals surface area contributed by atoms with Crippen LogP contribution in [0, 0.1) is 0 Å². The van der Waals surface area contributed by atoms with Gasteiger partial charge in [-0.15, -0.1) is 0 Å². The number of benzene rings is 9. The topological polar surface area (TPSA) is 0 Å². The predicted octanol–water partition coefficient (Wildman–Crippen LogP) is 13.6. The molecule has 0 saturated carbocycles. The molecular weight excluding hydrogens is 589 g/mol. The molecular formula is C49H34. The standard InChI is InChI=1S/C49H34/c1-49(2)43-20-10-14-36-30-42(41-19-11-21-44(49)48(41)46(36)43)47-39-17-8-6-15-37(39)45(38-16-7-9-18-40(38)47)35-28-26-34(27-29-35)33-24-22-32(23-25-33)31-12-4-3-5-13-31/h3-30H,1-2H3. The zero-order chi connectivity index (χ0) is 32.7. The summed E-state index contributed by atoms with van der Waals surface area (Å²) in [5.74, 6) is 0. The minimum absolute atomic E-state index is 0.0237. The van der Waals surface area contributed by atoms with Gasteiger partial charge >= 0.3 is 0 Å². The molecule has 9 aromatic rings. The number of rotatable bonds is 4. The van der Waals surface area contributed by atoms with Crippen molar-refractivity contribution >= 4 is 43.1 Å². The van der Waals surface area contributed by atoms with Gasteiger partial charge in [0.15, 0.2) is 0 Å². The largest absolute Gasteiger partial charge is 0.0622 e. The molecule has 0 atom stereocenters. The van der Waals surface area contributed by atoms with Gasteiger partial charge in [0.25, 0.3) is 0 Å². The molecule has 0 saturated heterocycles. The van der Waals surface area contributed by atoms with E-state index in [2.05, 4.69) is 184 Å². The van der Waals surface area contributed by atoms with Crippen LogP contribution in [0.1, 0.15) is 25.0 Å². The van der Waals surface area contributed by atoms with Crippen LogP contribution >= 0.6 is 0 Å². The first-order chi connectivity index (χ1) is 24.1. The van der Waals surface area contributed by atoms with Crippen LogP contribution in [-0.4, -0.2) is 0 Å². The van der Waals surface area contributed by atoms with Crippen LogP contribution in [0.4, 0.5) is 0 Å². The van der Waals surface area contributed by atoms with Crippen LogP contribution < -0.4 is 0 Å². The molecule has 0 spiro atoms. The molecule has 0 fully saturated rings. The molecule has 0 amide bonds. The third-order valence-corrected chi connectivity index (χ3v) is 11.0. The molecule has 0 heteroatoms. The Hall–Kier alpha value is -5.98. The Balaban J connectivity index is 1.17.